The van der Waals surface area contributed by atoms with Crippen LogP contribution in [0.5, 0.6) is 0 Å². The van der Waals surface area contributed by atoms with Crippen LogP contribution in [0.25, 0.3) is 10.8 Å². The second kappa shape index (κ2) is 6.31. The molecule has 0 unspecified atom stereocenters. The van der Waals surface area contributed by atoms with Crippen molar-refractivity contribution in [3.63, 3.8) is 0 Å². The number of carbonyl (C=O) groups excluding carboxylic acids is 1. The molecule has 0 bridgehead atoms. The number of nitrogens with one attached hydrogen (secondary N) is 2. The lowest BCUT2D eigenvalue weighted by atomic mass is 10.3. The summed E-state index contributed by atoms with van der Waals surface area (Å²) in [6.07, 6.45) is 4.59. The molecule has 0 saturated heterocycles. The smallest absolute Gasteiger partial charge is 0.270 e. The molecule has 0 atom stereocenters. The third kappa shape index (κ3) is 3.34. The predicted molar refractivity (Wildman–Crippen MR) is 76.9 cm³/mol. The molecule has 21 heavy (non-hydrogen) atoms. The second-order valence-electron chi connectivity index (χ2n) is 4.31. The number of furan rings is 1. The Bertz CT molecular complexity index is 690. The van der Waals surface area contributed by atoms with Crippen molar-refractivity contribution in [2.45, 2.75) is 12.8 Å². The molecule has 0 radical (unpaired) electrons. The molecule has 7 nitrogen and oxygen atoms in total. The fourth-order valence-electron chi connectivity index (χ4n) is 1.79. The first kappa shape index (κ1) is 13.5. The van der Waals surface area contributed by atoms with Crippen LogP contribution in [0, 0.1) is 0 Å². The molecule has 3 rings (SSSR count). The lowest BCUT2D eigenvalue weighted by molar-refractivity contribution is 0.0949. The number of aryl methyl sites for hydroxylation is 1. The van der Waals surface area contributed by atoms with Gasteiger partial charge in [0.1, 0.15) is 17.8 Å². The van der Waals surface area contributed by atoms with Crippen LogP contribution < -0.4 is 5.32 Å². The molecule has 108 valence electrons. The number of aromatic nitrogens is 4. The predicted octanol–water partition coefficient (Wildman–Crippen LogP) is 1.88. The molecular weight excluding hydrogens is 290 g/mol. The summed E-state index contributed by atoms with van der Waals surface area (Å²) in [6.45, 7) is 0.563. The van der Waals surface area contributed by atoms with Gasteiger partial charge in [0.2, 0.25) is 0 Å². The van der Waals surface area contributed by atoms with Gasteiger partial charge >= 0.3 is 0 Å². The average Bonchev–Trinajstić information content (AvgIpc) is 3.25. The van der Waals surface area contributed by atoms with Crippen LogP contribution in [0.15, 0.2) is 34.5 Å². The lowest BCUT2D eigenvalue weighted by Gasteiger charge is -2.01. The van der Waals surface area contributed by atoms with Crippen molar-refractivity contribution in [3.05, 3.63) is 41.6 Å². The van der Waals surface area contributed by atoms with Crippen LogP contribution in [-0.2, 0) is 6.42 Å². The van der Waals surface area contributed by atoms with Gasteiger partial charge in [-0.2, -0.15) is 5.10 Å². The summed E-state index contributed by atoms with van der Waals surface area (Å²) < 4.78 is 5.25. The molecule has 0 aliphatic rings. The van der Waals surface area contributed by atoms with Gasteiger partial charge in [-0.05, 0) is 18.6 Å². The number of H-pyrrole nitrogens is 1. The molecule has 3 aromatic rings. The summed E-state index contributed by atoms with van der Waals surface area (Å²) in [4.78, 5) is 20.2. The van der Waals surface area contributed by atoms with Crippen LogP contribution in [0.2, 0.25) is 0 Å². The van der Waals surface area contributed by atoms with Gasteiger partial charge in [0.05, 0.1) is 6.26 Å². The normalized spacial score (nSPS) is 10.7. The van der Waals surface area contributed by atoms with E-state index in [1.54, 1.807) is 17.7 Å². The van der Waals surface area contributed by atoms with Crippen molar-refractivity contribution >= 4 is 17.2 Å². The largest absolute Gasteiger partial charge is 0.462 e. The van der Waals surface area contributed by atoms with Crippen molar-refractivity contribution in [2.24, 2.45) is 0 Å². The molecule has 0 fully saturated rings. The highest BCUT2D eigenvalue weighted by Crippen LogP contribution is 2.23. The summed E-state index contributed by atoms with van der Waals surface area (Å²) in [5, 5.41) is 11.8. The highest BCUT2D eigenvalue weighted by atomic mass is 32.1. The van der Waals surface area contributed by atoms with Crippen LogP contribution in [-0.4, -0.2) is 32.6 Å². The van der Waals surface area contributed by atoms with Gasteiger partial charge in [0.25, 0.3) is 5.91 Å². The molecule has 0 aliphatic heterocycles. The Labute approximate surface area is 124 Å². The minimum absolute atomic E-state index is 0.179. The van der Waals surface area contributed by atoms with Gasteiger partial charge in [0, 0.05) is 18.3 Å². The number of aromatic amines is 1. The van der Waals surface area contributed by atoms with Crippen molar-refractivity contribution in [2.75, 3.05) is 6.54 Å². The molecule has 1 amide bonds. The number of amides is 1. The number of hydrogen-bond acceptors (Lipinski definition) is 6. The SMILES string of the molecule is O=C(NCCCc1ncn[nH]1)c1csc(-c2ccco2)n1. The first-order valence-corrected chi connectivity index (χ1v) is 7.33. The topological polar surface area (TPSA) is 96.7 Å². The Hall–Kier alpha value is -2.48. The van der Waals surface area contributed by atoms with Crippen LogP contribution in [0.4, 0.5) is 0 Å². The van der Waals surface area contributed by atoms with Crippen molar-refractivity contribution in [1.82, 2.24) is 25.5 Å². The zero-order valence-electron chi connectivity index (χ0n) is 11.1. The first-order valence-electron chi connectivity index (χ1n) is 6.45. The second-order valence-corrected chi connectivity index (χ2v) is 5.16. The van der Waals surface area contributed by atoms with E-state index in [9.17, 15) is 4.79 Å². The lowest BCUT2D eigenvalue weighted by Crippen LogP contribution is -2.25. The Kier molecular flexibility index (Phi) is 4.06. The van der Waals surface area contributed by atoms with E-state index in [0.717, 1.165) is 18.7 Å². The summed E-state index contributed by atoms with van der Waals surface area (Å²) in [7, 11) is 0. The molecule has 0 spiro atoms. The van der Waals surface area contributed by atoms with Crippen LogP contribution in [0.1, 0.15) is 22.7 Å². The summed E-state index contributed by atoms with van der Waals surface area (Å²) >= 11 is 1.38. The highest BCUT2D eigenvalue weighted by molar-refractivity contribution is 7.13. The molecule has 0 aromatic carbocycles. The summed E-state index contributed by atoms with van der Waals surface area (Å²) in [5.41, 5.74) is 0.408. The maximum Gasteiger partial charge on any atom is 0.270 e. The third-order valence-electron chi connectivity index (χ3n) is 2.81. The Morgan fingerprint density at radius 1 is 1.48 bits per heavy atom. The number of carbonyl (C=O) groups is 1. The van der Waals surface area contributed by atoms with Crippen LogP contribution >= 0.6 is 11.3 Å². The maximum atomic E-state index is 12.0. The number of hydrogen-bond donors (Lipinski definition) is 2. The average molecular weight is 303 g/mol. The van der Waals surface area contributed by atoms with E-state index in [-0.39, 0.29) is 5.91 Å². The maximum absolute atomic E-state index is 12.0. The fraction of sp³-hybridized carbons (Fsp3) is 0.231. The van der Waals surface area contributed by atoms with Gasteiger partial charge in [-0.15, -0.1) is 11.3 Å². The molecule has 8 heteroatoms. The first-order chi connectivity index (χ1) is 10.3. The molecule has 0 aliphatic carbocycles. The molecular formula is C13H13N5O2S. The summed E-state index contributed by atoms with van der Waals surface area (Å²) in [6, 6.07) is 3.61. The van der Waals surface area contributed by atoms with E-state index in [1.807, 2.05) is 6.07 Å². The molecule has 2 N–H and O–H groups in total. The van der Waals surface area contributed by atoms with E-state index in [2.05, 4.69) is 25.5 Å². The van der Waals surface area contributed by atoms with E-state index >= 15 is 0 Å². The number of nitrogens with zero attached hydrogens (tertiary/aromatic N) is 3. The molecule has 0 saturated carbocycles. The fourth-order valence-corrected chi connectivity index (χ4v) is 2.56. The van der Waals surface area contributed by atoms with Gasteiger partial charge in [-0.3, -0.25) is 9.89 Å². The Morgan fingerprint density at radius 3 is 3.19 bits per heavy atom. The Morgan fingerprint density at radius 2 is 2.43 bits per heavy atom. The van der Waals surface area contributed by atoms with E-state index in [4.69, 9.17) is 4.42 Å². The minimum Gasteiger partial charge on any atom is -0.462 e. The van der Waals surface area contributed by atoms with E-state index in [1.165, 1.54) is 17.7 Å². The van der Waals surface area contributed by atoms with Gasteiger partial charge in [0.15, 0.2) is 10.8 Å². The van der Waals surface area contributed by atoms with E-state index < -0.39 is 0 Å². The van der Waals surface area contributed by atoms with Crippen molar-refractivity contribution in [1.29, 1.82) is 0 Å². The monoisotopic (exact) mass is 303 g/mol. The third-order valence-corrected chi connectivity index (χ3v) is 3.67. The van der Waals surface area contributed by atoms with Gasteiger partial charge in [-0.1, -0.05) is 0 Å². The highest BCUT2D eigenvalue weighted by Gasteiger charge is 2.12. The van der Waals surface area contributed by atoms with Crippen molar-refractivity contribution < 1.29 is 9.21 Å². The van der Waals surface area contributed by atoms with E-state index in [0.29, 0.717) is 23.0 Å². The Balaban J connectivity index is 1.49. The number of thiazole rings is 1. The molecule has 3 aromatic heterocycles. The van der Waals surface area contributed by atoms with Gasteiger partial charge in [-0.25, -0.2) is 9.97 Å². The quantitative estimate of drug-likeness (QED) is 0.678. The zero-order chi connectivity index (χ0) is 14.5. The minimum atomic E-state index is -0.179. The van der Waals surface area contributed by atoms with Crippen LogP contribution in [0.3, 0.4) is 0 Å². The van der Waals surface area contributed by atoms with Crippen molar-refractivity contribution in [3.8, 4) is 10.8 Å². The number of rotatable bonds is 6. The summed E-state index contributed by atoms with van der Waals surface area (Å²) in [5.74, 6) is 1.31. The molecule has 3 heterocycles. The van der Waals surface area contributed by atoms with Gasteiger partial charge < -0.3 is 9.73 Å². The standard InChI is InChI=1S/C13H13N5O2S/c19-12(14-5-1-4-11-15-8-16-18-11)9-7-21-13(17-9)10-3-2-6-20-10/h2-3,6-8H,1,4-5H2,(H,14,19)(H,15,16,18). The zero-order valence-corrected chi connectivity index (χ0v) is 11.9.